The lowest BCUT2D eigenvalue weighted by Gasteiger charge is -2.50. The van der Waals surface area contributed by atoms with Crippen LogP contribution in [0.3, 0.4) is 0 Å². The van der Waals surface area contributed by atoms with E-state index in [1.54, 1.807) is 0 Å². The maximum Gasteiger partial charge on any atom is 0.239 e. The molecule has 0 amide bonds. The van der Waals surface area contributed by atoms with Gasteiger partial charge in [-0.05, 0) is 58.7 Å². The third-order valence-corrected chi connectivity index (χ3v) is 8.23. The Kier molecular flexibility index (Phi) is 5.34. The van der Waals surface area contributed by atoms with E-state index in [9.17, 15) is 10.5 Å². The van der Waals surface area contributed by atoms with E-state index >= 15 is 0 Å². The predicted molar refractivity (Wildman–Crippen MR) is 164 cm³/mol. The minimum absolute atomic E-state index is 0.108. The molecule has 5 aromatic carbocycles. The smallest absolute Gasteiger partial charge is 0.239 e. The van der Waals surface area contributed by atoms with Gasteiger partial charge in [0.2, 0.25) is 17.6 Å². The molecule has 0 aliphatic carbocycles. The van der Waals surface area contributed by atoms with Crippen molar-refractivity contribution in [3.05, 3.63) is 161 Å². The van der Waals surface area contributed by atoms with Gasteiger partial charge in [0.05, 0.1) is 28.2 Å². The molecular formula is C36H21N7. The Hall–Kier alpha value is -6.31. The van der Waals surface area contributed by atoms with Crippen LogP contribution in [0.25, 0.3) is 0 Å². The molecule has 0 atom stereocenters. The van der Waals surface area contributed by atoms with Gasteiger partial charge in [-0.2, -0.15) is 25.5 Å². The van der Waals surface area contributed by atoms with E-state index in [4.69, 9.17) is 0 Å². The molecule has 6 aromatic rings. The Morgan fingerprint density at radius 2 is 0.814 bits per heavy atom. The molecule has 0 radical (unpaired) electrons. The summed E-state index contributed by atoms with van der Waals surface area (Å²) in [5.41, 5.74) is 8.65. The summed E-state index contributed by atoms with van der Waals surface area (Å²) in [7, 11) is 0. The summed E-state index contributed by atoms with van der Waals surface area (Å²) in [6, 6.07) is 48.0. The minimum atomic E-state index is -0.689. The summed E-state index contributed by atoms with van der Waals surface area (Å²) in [6.07, 6.45) is 0. The number of nitrogens with zero attached hydrogens (tertiary/aromatic N) is 7. The van der Waals surface area contributed by atoms with Crippen molar-refractivity contribution in [1.82, 2.24) is 15.0 Å². The number of anilines is 6. The zero-order chi connectivity index (χ0) is 29.0. The zero-order valence-corrected chi connectivity index (χ0v) is 22.8. The van der Waals surface area contributed by atoms with E-state index in [-0.39, 0.29) is 17.6 Å². The maximum atomic E-state index is 9.67. The van der Waals surface area contributed by atoms with Crippen molar-refractivity contribution in [2.45, 2.75) is 5.41 Å². The highest BCUT2D eigenvalue weighted by Gasteiger charge is 2.51. The van der Waals surface area contributed by atoms with E-state index in [1.807, 2.05) is 47.4 Å². The van der Waals surface area contributed by atoms with Crippen molar-refractivity contribution >= 4 is 34.4 Å². The summed E-state index contributed by atoms with van der Waals surface area (Å²) in [6.45, 7) is 0. The highest BCUT2D eigenvalue weighted by Crippen LogP contribution is 2.63. The van der Waals surface area contributed by atoms with Crippen molar-refractivity contribution in [2.75, 3.05) is 9.80 Å². The van der Waals surface area contributed by atoms with Gasteiger partial charge in [0.1, 0.15) is 12.1 Å². The number of nitriles is 2. The molecule has 7 heteroatoms. The summed E-state index contributed by atoms with van der Waals surface area (Å²) < 4.78 is 0. The number of hydrogen-bond acceptors (Lipinski definition) is 7. The van der Waals surface area contributed by atoms with Crippen LogP contribution in [0.1, 0.15) is 33.9 Å². The Morgan fingerprint density at radius 3 is 1.23 bits per heavy atom. The van der Waals surface area contributed by atoms with Crippen LogP contribution in [0, 0.1) is 22.7 Å². The first-order chi connectivity index (χ1) is 21.3. The van der Waals surface area contributed by atoms with Crippen LogP contribution >= 0.6 is 0 Å². The third-order valence-electron chi connectivity index (χ3n) is 8.23. The Labute approximate surface area is 248 Å². The predicted octanol–water partition coefficient (Wildman–Crippen LogP) is 7.56. The van der Waals surface area contributed by atoms with Crippen molar-refractivity contribution in [2.24, 2.45) is 0 Å². The number of fused-ring (bicyclic) bond motifs is 8. The van der Waals surface area contributed by atoms with Crippen LogP contribution in [-0.2, 0) is 5.41 Å². The van der Waals surface area contributed by atoms with Gasteiger partial charge in [0, 0.05) is 5.69 Å². The van der Waals surface area contributed by atoms with Crippen LogP contribution in [0.15, 0.2) is 127 Å². The average molecular weight is 552 g/mol. The molecule has 1 aromatic heterocycles. The van der Waals surface area contributed by atoms with Crippen molar-refractivity contribution in [3.63, 3.8) is 0 Å². The fraction of sp³-hybridized carbons (Fsp3) is 0.0278. The molecule has 43 heavy (non-hydrogen) atoms. The van der Waals surface area contributed by atoms with E-state index in [0.717, 1.165) is 50.7 Å². The van der Waals surface area contributed by atoms with Gasteiger partial charge < -0.3 is 4.90 Å². The summed E-state index contributed by atoms with van der Waals surface area (Å²) in [5, 5.41) is 19.3. The molecule has 2 aliphatic heterocycles. The lowest BCUT2D eigenvalue weighted by molar-refractivity contribution is 0.716. The number of para-hydroxylation sites is 5. The zero-order valence-electron chi connectivity index (χ0n) is 22.8. The van der Waals surface area contributed by atoms with Crippen LogP contribution in [0.5, 0.6) is 0 Å². The molecule has 0 unspecified atom stereocenters. The first-order valence-corrected chi connectivity index (χ1v) is 13.9. The number of aromatic nitrogens is 3. The molecule has 1 spiro atoms. The minimum Gasteiger partial charge on any atom is -0.310 e. The van der Waals surface area contributed by atoms with Crippen molar-refractivity contribution in [3.8, 4) is 12.1 Å². The molecule has 0 saturated carbocycles. The fourth-order valence-electron chi connectivity index (χ4n) is 6.71. The van der Waals surface area contributed by atoms with Gasteiger partial charge in [-0.3, -0.25) is 4.90 Å². The second-order valence-electron chi connectivity index (χ2n) is 10.3. The van der Waals surface area contributed by atoms with Gasteiger partial charge in [-0.15, -0.1) is 0 Å². The molecule has 7 nitrogen and oxygen atoms in total. The fourth-order valence-corrected chi connectivity index (χ4v) is 6.71. The van der Waals surface area contributed by atoms with Crippen LogP contribution in [0.4, 0.5) is 34.4 Å². The summed E-state index contributed by atoms with van der Waals surface area (Å²) >= 11 is 0. The van der Waals surface area contributed by atoms with E-state index in [2.05, 4.69) is 117 Å². The third kappa shape index (κ3) is 3.37. The number of hydrogen-bond donors (Lipinski definition) is 0. The second-order valence-corrected chi connectivity index (χ2v) is 10.3. The van der Waals surface area contributed by atoms with E-state index < -0.39 is 5.41 Å². The standard InChI is InChI=1S/C36H21N7/c37-22-33-39-34(23-38)41-35(40-33)43-31-20-10-6-16-27(31)36(28-17-7-11-21-32(28)43)25-14-4-8-18-29(25)42(24-12-2-1-3-13-24)30-19-9-5-15-26(30)36/h1-21H. The molecule has 0 saturated heterocycles. The molecule has 2 aliphatic rings. The number of rotatable bonds is 2. The van der Waals surface area contributed by atoms with Crippen LogP contribution < -0.4 is 9.80 Å². The SMILES string of the molecule is N#Cc1nc(C#N)nc(N2c3ccccc3C3(c4ccccc4N(c4ccccc4)c4ccccc43)c3ccccc32)n1. The lowest BCUT2D eigenvalue weighted by Crippen LogP contribution is -2.42. The molecule has 0 bridgehead atoms. The van der Waals surface area contributed by atoms with Crippen molar-refractivity contribution in [1.29, 1.82) is 10.5 Å². The summed E-state index contributed by atoms with van der Waals surface area (Å²) in [5.74, 6) is 0.00783. The summed E-state index contributed by atoms with van der Waals surface area (Å²) in [4.78, 5) is 17.2. The van der Waals surface area contributed by atoms with Crippen LogP contribution in [0.2, 0.25) is 0 Å². The Bertz CT molecular complexity index is 2010. The van der Waals surface area contributed by atoms with Gasteiger partial charge in [-0.1, -0.05) is 91.0 Å². The second kappa shape index (κ2) is 9.37. The number of benzene rings is 5. The molecule has 0 fully saturated rings. The van der Waals surface area contributed by atoms with Gasteiger partial charge in [-0.25, -0.2) is 0 Å². The quantitative estimate of drug-likeness (QED) is 0.219. The molecule has 3 heterocycles. The normalized spacial score (nSPS) is 13.6. The first kappa shape index (κ1) is 24.5. The maximum absolute atomic E-state index is 9.67. The Balaban J connectivity index is 1.51. The molecular weight excluding hydrogens is 530 g/mol. The highest BCUT2D eigenvalue weighted by atomic mass is 15.3. The lowest BCUT2D eigenvalue weighted by atomic mass is 9.60. The highest BCUT2D eigenvalue weighted by molar-refractivity contribution is 5.95. The first-order valence-electron chi connectivity index (χ1n) is 13.9. The van der Waals surface area contributed by atoms with Gasteiger partial charge in [0.15, 0.2) is 0 Å². The molecule has 0 N–H and O–H groups in total. The molecule has 8 rings (SSSR count). The van der Waals surface area contributed by atoms with E-state index in [0.29, 0.717) is 0 Å². The van der Waals surface area contributed by atoms with Crippen molar-refractivity contribution < 1.29 is 0 Å². The molecule has 200 valence electrons. The van der Waals surface area contributed by atoms with Gasteiger partial charge in [0.25, 0.3) is 0 Å². The van der Waals surface area contributed by atoms with Gasteiger partial charge >= 0.3 is 0 Å². The monoisotopic (exact) mass is 551 g/mol. The van der Waals surface area contributed by atoms with E-state index in [1.165, 1.54) is 0 Å². The van der Waals surface area contributed by atoms with Crippen LogP contribution in [-0.4, -0.2) is 15.0 Å². The largest absolute Gasteiger partial charge is 0.310 e. The Morgan fingerprint density at radius 1 is 0.442 bits per heavy atom. The average Bonchev–Trinajstić information content (AvgIpc) is 3.08. The topological polar surface area (TPSA) is 92.7 Å².